The molecule has 0 saturated carbocycles. The molecule has 0 fully saturated rings. The Kier molecular flexibility index (Phi) is 35.1. The fourth-order valence-corrected chi connectivity index (χ4v) is 6.53. The van der Waals surface area contributed by atoms with Gasteiger partial charge in [0.1, 0.15) is 13.2 Å². The quantitative estimate of drug-likeness (QED) is 0.0250. The Hall–Kier alpha value is -1.54. The summed E-state index contributed by atoms with van der Waals surface area (Å²) in [5, 5.41) is 13.8. The highest BCUT2D eigenvalue weighted by atomic mass is 31.2. The lowest BCUT2D eigenvalue weighted by Gasteiger charge is -2.25. The van der Waals surface area contributed by atoms with Crippen molar-refractivity contribution in [3.8, 4) is 0 Å². The Labute approximate surface area is 327 Å². The molecule has 0 aliphatic heterocycles. The fourth-order valence-electron chi connectivity index (χ4n) is 5.79. The smallest absolute Gasteiger partial charge is 0.387 e. The summed E-state index contributed by atoms with van der Waals surface area (Å²) in [6.45, 7) is 4.74. The number of nitrogens with one attached hydrogen (secondary N) is 1. The van der Waals surface area contributed by atoms with Gasteiger partial charge >= 0.3 is 7.82 Å². The van der Waals surface area contributed by atoms with E-state index in [4.69, 9.17) is 9.05 Å². The number of hydrogen-bond donors (Lipinski definition) is 3. The van der Waals surface area contributed by atoms with Crippen LogP contribution in [-0.2, 0) is 18.4 Å². The van der Waals surface area contributed by atoms with Crippen molar-refractivity contribution in [3.05, 3.63) is 48.6 Å². The fraction of sp³-hybridized carbons (Fsp3) is 0.795. The zero-order valence-corrected chi connectivity index (χ0v) is 35.9. The van der Waals surface area contributed by atoms with Crippen molar-refractivity contribution >= 4 is 13.7 Å². The minimum atomic E-state index is -4.35. The second-order valence-corrected chi connectivity index (χ2v) is 17.2. The number of carbonyl (C=O) groups excluding carboxylic acids is 1. The molecule has 0 aliphatic rings. The number of aliphatic hydroxyl groups excluding tert-OH is 1. The molecule has 0 radical (unpaired) electrons. The number of hydrogen-bond acceptors (Lipinski definition) is 5. The number of rotatable bonds is 38. The highest BCUT2D eigenvalue weighted by molar-refractivity contribution is 7.47. The third kappa shape index (κ3) is 38.5. The highest BCUT2D eigenvalue weighted by Gasteiger charge is 2.27. The van der Waals surface area contributed by atoms with Crippen molar-refractivity contribution in [1.82, 2.24) is 5.32 Å². The van der Waals surface area contributed by atoms with Crippen LogP contribution in [0.1, 0.15) is 174 Å². The number of phosphoric acid groups is 1. The van der Waals surface area contributed by atoms with Gasteiger partial charge in [0.25, 0.3) is 0 Å². The molecular formula is C44H84N2O6P+. The Bertz CT molecular complexity index is 1010. The van der Waals surface area contributed by atoms with Gasteiger partial charge in [0.05, 0.1) is 39.9 Å². The third-order valence-corrected chi connectivity index (χ3v) is 10.3. The van der Waals surface area contributed by atoms with Crippen LogP contribution in [0.25, 0.3) is 0 Å². The summed E-state index contributed by atoms with van der Waals surface area (Å²) in [5.74, 6) is -0.203. The van der Waals surface area contributed by atoms with E-state index in [0.29, 0.717) is 17.4 Å². The average Bonchev–Trinajstić information content (AvgIpc) is 3.10. The van der Waals surface area contributed by atoms with E-state index in [2.05, 4.69) is 55.6 Å². The van der Waals surface area contributed by atoms with Crippen molar-refractivity contribution in [3.63, 3.8) is 0 Å². The highest BCUT2D eigenvalue weighted by Crippen LogP contribution is 2.43. The minimum Gasteiger partial charge on any atom is -0.387 e. The van der Waals surface area contributed by atoms with Crippen LogP contribution in [0.4, 0.5) is 0 Å². The molecule has 0 aromatic carbocycles. The summed E-state index contributed by atoms with van der Waals surface area (Å²) in [6, 6.07) is -0.869. The third-order valence-electron chi connectivity index (χ3n) is 9.27. The SMILES string of the molecule is CCCCC/C=C\C/C=C\CCCCCCCC(=O)NC(COP(=O)(O)OCC[N+](C)(C)C)C(O)/C=C/CC/C=C/CCCCCCCCCCCC. The van der Waals surface area contributed by atoms with Crippen LogP contribution in [0.5, 0.6) is 0 Å². The number of unbranched alkanes of at least 4 members (excludes halogenated alkanes) is 19. The molecule has 0 saturated heterocycles. The molecule has 3 unspecified atom stereocenters. The first-order chi connectivity index (χ1) is 25.5. The van der Waals surface area contributed by atoms with E-state index >= 15 is 0 Å². The summed E-state index contributed by atoms with van der Waals surface area (Å²) >= 11 is 0. The van der Waals surface area contributed by atoms with Crippen molar-refractivity contribution in [2.75, 3.05) is 40.9 Å². The summed E-state index contributed by atoms with van der Waals surface area (Å²) in [5.41, 5.74) is 0. The molecule has 0 bridgehead atoms. The zero-order valence-electron chi connectivity index (χ0n) is 35.0. The number of nitrogens with zero attached hydrogens (tertiary/aromatic N) is 1. The van der Waals surface area contributed by atoms with Gasteiger partial charge in [0.2, 0.25) is 5.91 Å². The van der Waals surface area contributed by atoms with Gasteiger partial charge in [-0.05, 0) is 64.2 Å². The maximum absolute atomic E-state index is 12.8. The van der Waals surface area contributed by atoms with Gasteiger partial charge in [0.15, 0.2) is 0 Å². The standard InChI is InChI=1S/C44H83N2O6P/c1-6-8-10-12-14-16-18-20-22-24-25-27-29-31-33-35-37-43(47)42(41-52-53(49,50)51-40-39-46(3,4)5)45-44(48)38-36-34-32-30-28-26-23-21-19-17-15-13-11-9-7-2/h15,17,21,23,27,29,35,37,42-43,47H,6-14,16,18-20,22,24-26,28,30-34,36,38-41H2,1-5H3,(H-,45,48,49,50)/p+1/b17-15-,23-21-,29-27+,37-35+. The van der Waals surface area contributed by atoms with Crippen LogP contribution in [0, 0.1) is 0 Å². The molecule has 8 nitrogen and oxygen atoms in total. The lowest BCUT2D eigenvalue weighted by molar-refractivity contribution is -0.870. The van der Waals surface area contributed by atoms with Crippen LogP contribution >= 0.6 is 7.82 Å². The van der Waals surface area contributed by atoms with Crippen LogP contribution in [0.3, 0.4) is 0 Å². The van der Waals surface area contributed by atoms with E-state index in [1.807, 2.05) is 27.2 Å². The molecule has 9 heteroatoms. The summed E-state index contributed by atoms with van der Waals surface area (Å²) < 4.78 is 23.5. The van der Waals surface area contributed by atoms with Gasteiger partial charge < -0.3 is 19.8 Å². The second-order valence-electron chi connectivity index (χ2n) is 15.7. The largest absolute Gasteiger partial charge is 0.472 e. The predicted molar refractivity (Wildman–Crippen MR) is 226 cm³/mol. The second kappa shape index (κ2) is 36.1. The van der Waals surface area contributed by atoms with Gasteiger partial charge in [-0.15, -0.1) is 0 Å². The first kappa shape index (κ1) is 51.5. The molecule has 0 rings (SSSR count). The summed E-state index contributed by atoms with van der Waals surface area (Å²) in [4.78, 5) is 23.1. The summed E-state index contributed by atoms with van der Waals surface area (Å²) in [6.07, 6.45) is 44.6. The number of allylic oxidation sites excluding steroid dienone is 7. The van der Waals surface area contributed by atoms with Crippen LogP contribution in [0.2, 0.25) is 0 Å². The Balaban J connectivity index is 4.55. The number of carbonyl (C=O) groups is 1. The normalized spacial score (nSPS) is 14.9. The predicted octanol–water partition coefficient (Wildman–Crippen LogP) is 11.7. The topological polar surface area (TPSA) is 105 Å². The Morgan fingerprint density at radius 2 is 1.09 bits per heavy atom. The number of amides is 1. The molecule has 310 valence electrons. The van der Waals surface area contributed by atoms with E-state index in [1.165, 1.54) is 89.9 Å². The lowest BCUT2D eigenvalue weighted by atomic mass is 10.1. The number of phosphoric ester groups is 1. The Morgan fingerprint density at radius 1 is 0.642 bits per heavy atom. The van der Waals surface area contributed by atoms with Crippen LogP contribution in [0.15, 0.2) is 48.6 Å². The first-order valence-corrected chi connectivity index (χ1v) is 23.0. The van der Waals surface area contributed by atoms with E-state index in [0.717, 1.165) is 64.2 Å². The Morgan fingerprint density at radius 3 is 1.66 bits per heavy atom. The zero-order chi connectivity index (χ0) is 39.3. The van der Waals surface area contributed by atoms with Gasteiger partial charge in [-0.25, -0.2) is 4.57 Å². The van der Waals surface area contributed by atoms with Crippen molar-refractivity contribution in [2.24, 2.45) is 0 Å². The molecule has 0 heterocycles. The number of quaternary nitrogens is 1. The average molecular weight is 768 g/mol. The molecule has 53 heavy (non-hydrogen) atoms. The van der Waals surface area contributed by atoms with Gasteiger partial charge in [0, 0.05) is 6.42 Å². The van der Waals surface area contributed by atoms with E-state index in [1.54, 1.807) is 6.08 Å². The molecule has 3 atom stereocenters. The molecule has 0 aromatic heterocycles. The molecule has 0 spiro atoms. The maximum atomic E-state index is 12.8. The van der Waals surface area contributed by atoms with Gasteiger partial charge in [-0.3, -0.25) is 13.8 Å². The van der Waals surface area contributed by atoms with E-state index in [9.17, 15) is 19.4 Å². The number of likely N-dealkylation sites (N-methyl/N-ethyl adjacent to an activating group) is 1. The molecule has 0 aliphatic carbocycles. The van der Waals surface area contributed by atoms with Crippen LogP contribution < -0.4 is 5.32 Å². The van der Waals surface area contributed by atoms with Crippen molar-refractivity contribution < 1.29 is 32.9 Å². The number of aliphatic hydroxyl groups is 1. The van der Waals surface area contributed by atoms with Crippen molar-refractivity contribution in [2.45, 2.75) is 187 Å². The van der Waals surface area contributed by atoms with Crippen molar-refractivity contribution in [1.29, 1.82) is 0 Å². The van der Waals surface area contributed by atoms with Crippen LogP contribution in [-0.4, -0.2) is 73.4 Å². The maximum Gasteiger partial charge on any atom is 0.472 e. The lowest BCUT2D eigenvalue weighted by Crippen LogP contribution is -2.45. The molecular weight excluding hydrogens is 683 g/mol. The van der Waals surface area contributed by atoms with Gasteiger partial charge in [-0.2, -0.15) is 0 Å². The minimum absolute atomic E-state index is 0.0519. The molecule has 1 amide bonds. The van der Waals surface area contributed by atoms with Gasteiger partial charge in [-0.1, -0.05) is 152 Å². The van der Waals surface area contributed by atoms with E-state index < -0.39 is 20.0 Å². The monoisotopic (exact) mass is 768 g/mol. The van der Waals surface area contributed by atoms with E-state index in [-0.39, 0.29) is 19.1 Å². The molecule has 0 aromatic rings. The molecule has 3 N–H and O–H groups in total. The summed E-state index contributed by atoms with van der Waals surface area (Å²) in [7, 11) is 1.54. The first-order valence-electron chi connectivity index (χ1n) is 21.5.